The molecular weight excluding hydrogens is 272 g/mol. The summed E-state index contributed by atoms with van der Waals surface area (Å²) in [5.74, 6) is -0.0939. The standard InChI is InChI=1S/C14H18N4O3/c19-10-3-5-18(6-4-10)8-13(20)15-9-1-2-11-12(7-9)17-14(21)16-11/h1-2,7,10,19H,3-6,8H2,(H,15,20)(H2,16,17,21). The maximum absolute atomic E-state index is 12.0. The highest BCUT2D eigenvalue weighted by Gasteiger charge is 2.18. The van der Waals surface area contributed by atoms with Gasteiger partial charge >= 0.3 is 5.69 Å². The molecule has 0 aliphatic carbocycles. The van der Waals surface area contributed by atoms with Crippen LogP contribution in [-0.2, 0) is 4.79 Å². The minimum Gasteiger partial charge on any atom is -0.393 e. The number of carbonyl (C=O) groups excluding carboxylic acids is 1. The molecule has 0 atom stereocenters. The molecule has 112 valence electrons. The lowest BCUT2D eigenvalue weighted by atomic mass is 10.1. The number of aliphatic hydroxyl groups excluding tert-OH is 1. The van der Waals surface area contributed by atoms with Gasteiger partial charge in [0.1, 0.15) is 0 Å². The molecule has 2 aromatic rings. The fourth-order valence-corrected chi connectivity index (χ4v) is 2.59. The van der Waals surface area contributed by atoms with Crippen LogP contribution in [0, 0.1) is 0 Å². The number of aromatic amines is 2. The van der Waals surface area contributed by atoms with Gasteiger partial charge in [0.2, 0.25) is 5.91 Å². The van der Waals surface area contributed by atoms with Gasteiger partial charge in [-0.15, -0.1) is 0 Å². The summed E-state index contributed by atoms with van der Waals surface area (Å²) in [5, 5.41) is 12.3. The van der Waals surface area contributed by atoms with Gasteiger partial charge in [0.15, 0.2) is 0 Å². The molecule has 2 heterocycles. The number of benzene rings is 1. The Kier molecular flexibility index (Phi) is 3.76. The highest BCUT2D eigenvalue weighted by molar-refractivity contribution is 5.94. The van der Waals surface area contributed by atoms with E-state index in [1.54, 1.807) is 18.2 Å². The van der Waals surface area contributed by atoms with Gasteiger partial charge < -0.3 is 20.4 Å². The number of aromatic nitrogens is 2. The van der Waals surface area contributed by atoms with Crippen molar-refractivity contribution >= 4 is 22.6 Å². The first-order chi connectivity index (χ1) is 10.1. The van der Waals surface area contributed by atoms with Crippen LogP contribution < -0.4 is 11.0 Å². The number of fused-ring (bicyclic) bond motifs is 1. The quantitative estimate of drug-likeness (QED) is 0.651. The largest absolute Gasteiger partial charge is 0.393 e. The maximum Gasteiger partial charge on any atom is 0.323 e. The molecule has 1 aliphatic heterocycles. The topological polar surface area (TPSA) is 101 Å². The Balaban J connectivity index is 1.61. The zero-order valence-corrected chi connectivity index (χ0v) is 11.6. The van der Waals surface area contributed by atoms with E-state index in [1.165, 1.54) is 0 Å². The summed E-state index contributed by atoms with van der Waals surface area (Å²) in [6, 6.07) is 5.23. The molecule has 0 spiro atoms. The number of imidazole rings is 1. The molecule has 4 N–H and O–H groups in total. The molecule has 1 aromatic heterocycles. The SMILES string of the molecule is O=C(CN1CCC(O)CC1)Nc1ccc2[nH]c(=O)[nH]c2c1. The number of nitrogens with one attached hydrogen (secondary N) is 3. The van der Waals surface area contributed by atoms with Crippen LogP contribution >= 0.6 is 0 Å². The fourth-order valence-electron chi connectivity index (χ4n) is 2.59. The summed E-state index contributed by atoms with van der Waals surface area (Å²) in [6.07, 6.45) is 1.19. The summed E-state index contributed by atoms with van der Waals surface area (Å²) < 4.78 is 0. The maximum atomic E-state index is 12.0. The highest BCUT2D eigenvalue weighted by Crippen LogP contribution is 2.15. The van der Waals surface area contributed by atoms with E-state index in [0.717, 1.165) is 13.1 Å². The predicted molar refractivity (Wildman–Crippen MR) is 79.2 cm³/mol. The third-order valence-electron chi connectivity index (χ3n) is 3.72. The number of piperidine rings is 1. The second-order valence-electron chi connectivity index (χ2n) is 5.39. The summed E-state index contributed by atoms with van der Waals surface area (Å²) in [5.41, 5.74) is 1.77. The molecule has 0 unspecified atom stereocenters. The molecule has 0 radical (unpaired) electrons. The molecule has 0 saturated carbocycles. The van der Waals surface area contributed by atoms with Crippen LogP contribution in [0.2, 0.25) is 0 Å². The van der Waals surface area contributed by atoms with Crippen molar-refractivity contribution in [1.82, 2.24) is 14.9 Å². The van der Waals surface area contributed by atoms with Crippen LogP contribution in [0.5, 0.6) is 0 Å². The van der Waals surface area contributed by atoms with Gasteiger partial charge in [0.05, 0.1) is 23.7 Å². The molecule has 1 amide bonds. The Hall–Kier alpha value is -2.12. The zero-order chi connectivity index (χ0) is 14.8. The molecule has 21 heavy (non-hydrogen) atoms. The Labute approximate surface area is 121 Å². The van der Waals surface area contributed by atoms with Crippen molar-refractivity contribution in [2.45, 2.75) is 18.9 Å². The van der Waals surface area contributed by atoms with Gasteiger partial charge in [-0.3, -0.25) is 9.69 Å². The summed E-state index contributed by atoms with van der Waals surface area (Å²) in [6.45, 7) is 1.78. The predicted octanol–water partition coefficient (Wildman–Crippen LogP) is 0.251. The Bertz CT molecular complexity index is 698. The third-order valence-corrected chi connectivity index (χ3v) is 3.72. The van der Waals surface area contributed by atoms with Crippen LogP contribution in [0.4, 0.5) is 5.69 Å². The molecular formula is C14H18N4O3. The number of amides is 1. The number of anilines is 1. The highest BCUT2D eigenvalue weighted by atomic mass is 16.3. The van der Waals surface area contributed by atoms with Gasteiger partial charge in [-0.2, -0.15) is 0 Å². The van der Waals surface area contributed by atoms with E-state index in [2.05, 4.69) is 15.3 Å². The second kappa shape index (κ2) is 5.71. The third kappa shape index (κ3) is 3.32. The number of hydrogen-bond donors (Lipinski definition) is 4. The Morgan fingerprint density at radius 2 is 2.00 bits per heavy atom. The van der Waals surface area contributed by atoms with E-state index in [1.807, 2.05) is 4.90 Å². The first-order valence-electron chi connectivity index (χ1n) is 7.02. The first-order valence-corrected chi connectivity index (χ1v) is 7.02. The van der Waals surface area contributed by atoms with Crippen molar-refractivity contribution in [2.75, 3.05) is 25.0 Å². The number of hydrogen-bond acceptors (Lipinski definition) is 4. The Morgan fingerprint density at radius 1 is 1.29 bits per heavy atom. The van der Waals surface area contributed by atoms with E-state index in [4.69, 9.17) is 0 Å². The fraction of sp³-hybridized carbons (Fsp3) is 0.429. The van der Waals surface area contributed by atoms with Gasteiger partial charge in [0.25, 0.3) is 0 Å². The molecule has 7 heteroatoms. The molecule has 7 nitrogen and oxygen atoms in total. The monoisotopic (exact) mass is 290 g/mol. The van der Waals surface area contributed by atoms with Gasteiger partial charge in [-0.05, 0) is 31.0 Å². The number of rotatable bonds is 3. The van der Waals surface area contributed by atoms with Crippen LogP contribution in [0.1, 0.15) is 12.8 Å². The molecule has 1 fully saturated rings. The lowest BCUT2D eigenvalue weighted by Gasteiger charge is -2.28. The van der Waals surface area contributed by atoms with E-state index in [0.29, 0.717) is 36.1 Å². The van der Waals surface area contributed by atoms with E-state index >= 15 is 0 Å². The van der Waals surface area contributed by atoms with Gasteiger partial charge in [0, 0.05) is 18.8 Å². The average Bonchev–Trinajstić information content (AvgIpc) is 2.80. The number of carbonyl (C=O) groups is 1. The normalized spacial score (nSPS) is 17.2. The molecule has 1 saturated heterocycles. The zero-order valence-electron chi connectivity index (χ0n) is 11.6. The van der Waals surface area contributed by atoms with Crippen molar-refractivity contribution in [2.24, 2.45) is 0 Å². The van der Waals surface area contributed by atoms with Crippen molar-refractivity contribution in [3.8, 4) is 0 Å². The van der Waals surface area contributed by atoms with E-state index in [-0.39, 0.29) is 17.7 Å². The van der Waals surface area contributed by atoms with Crippen molar-refractivity contribution in [1.29, 1.82) is 0 Å². The summed E-state index contributed by atoms with van der Waals surface area (Å²) in [7, 11) is 0. The molecule has 1 aromatic carbocycles. The minimum atomic E-state index is -0.264. The van der Waals surface area contributed by atoms with Gasteiger partial charge in [-0.25, -0.2) is 4.79 Å². The van der Waals surface area contributed by atoms with Crippen LogP contribution in [0.15, 0.2) is 23.0 Å². The van der Waals surface area contributed by atoms with E-state index in [9.17, 15) is 14.7 Å². The molecule has 0 bridgehead atoms. The van der Waals surface area contributed by atoms with Crippen molar-refractivity contribution in [3.05, 3.63) is 28.7 Å². The number of H-pyrrole nitrogens is 2. The first kappa shape index (κ1) is 13.8. The molecule has 1 aliphatic rings. The van der Waals surface area contributed by atoms with Crippen LogP contribution in [0.25, 0.3) is 11.0 Å². The summed E-state index contributed by atoms with van der Waals surface area (Å²) >= 11 is 0. The summed E-state index contributed by atoms with van der Waals surface area (Å²) in [4.78, 5) is 30.5. The van der Waals surface area contributed by atoms with E-state index < -0.39 is 0 Å². The number of likely N-dealkylation sites (tertiary alicyclic amines) is 1. The smallest absolute Gasteiger partial charge is 0.323 e. The lowest BCUT2D eigenvalue weighted by molar-refractivity contribution is -0.117. The minimum absolute atomic E-state index is 0.0939. The lowest BCUT2D eigenvalue weighted by Crippen LogP contribution is -2.40. The number of nitrogens with zero attached hydrogens (tertiary/aromatic N) is 1. The molecule has 3 rings (SSSR count). The van der Waals surface area contributed by atoms with Crippen LogP contribution in [0.3, 0.4) is 0 Å². The van der Waals surface area contributed by atoms with Crippen molar-refractivity contribution in [3.63, 3.8) is 0 Å². The second-order valence-corrected chi connectivity index (χ2v) is 5.39. The van der Waals surface area contributed by atoms with Crippen LogP contribution in [-0.4, -0.2) is 51.6 Å². The average molecular weight is 290 g/mol. The number of aliphatic hydroxyl groups is 1. The van der Waals surface area contributed by atoms with Gasteiger partial charge in [-0.1, -0.05) is 0 Å². The Morgan fingerprint density at radius 3 is 2.76 bits per heavy atom. The van der Waals surface area contributed by atoms with Crippen molar-refractivity contribution < 1.29 is 9.90 Å².